The van der Waals surface area contributed by atoms with Crippen molar-refractivity contribution < 1.29 is 13.9 Å². The molecule has 6 aliphatic rings. The summed E-state index contributed by atoms with van der Waals surface area (Å²) in [4.78, 5) is 64.4. The molecule has 35 heteroatoms. The van der Waals surface area contributed by atoms with Gasteiger partial charge in [-0.2, -0.15) is 20.4 Å². The number of aromatic nitrogens is 20. The zero-order valence-corrected chi connectivity index (χ0v) is 70.9. The number of morpholine rings is 2. The average molecular weight is 1700 g/mol. The summed E-state index contributed by atoms with van der Waals surface area (Å²) in [5, 5.41) is 46.1. The molecule has 6 fully saturated rings. The zero-order chi connectivity index (χ0) is 81.7. The summed E-state index contributed by atoms with van der Waals surface area (Å²) >= 11 is 0. The maximum atomic E-state index is 14.7. The normalized spacial score (nSPS) is 15.9. The monoisotopic (exact) mass is 1700 g/mol. The topological polar surface area (TPSA) is 330 Å². The number of fused-ring (bicyclic) bond motifs is 12. The minimum Gasteiger partial charge on any atom is -0.378 e. The summed E-state index contributed by atoms with van der Waals surface area (Å²) in [5.74, 6) is 4.29. The number of hydrogen-bond donors (Lipinski definition) is 6. The van der Waals surface area contributed by atoms with Crippen LogP contribution in [0, 0.1) is 19.7 Å². The lowest BCUT2D eigenvalue weighted by molar-refractivity contribution is 0.122. The van der Waals surface area contributed by atoms with Gasteiger partial charge in [0.05, 0.1) is 132 Å². The quantitative estimate of drug-likeness (QED) is 0.0523. The van der Waals surface area contributed by atoms with E-state index in [0.29, 0.717) is 47.4 Å². The second kappa shape index (κ2) is 37.4. The highest BCUT2D eigenvalue weighted by Crippen LogP contribution is 2.38. The first-order valence-corrected chi connectivity index (χ1v) is 42.3. The molecule has 0 atom stereocenters. The van der Waals surface area contributed by atoms with Crippen molar-refractivity contribution in [2.45, 2.75) is 104 Å². The predicted molar refractivity (Wildman–Crippen MR) is 488 cm³/mol. The fourth-order valence-corrected chi connectivity index (χ4v) is 17.3. The van der Waals surface area contributed by atoms with E-state index in [2.05, 4.69) is 168 Å². The van der Waals surface area contributed by atoms with Gasteiger partial charge in [-0.1, -0.05) is 74.2 Å². The molecular weight excluding hydrogens is 1600 g/mol. The van der Waals surface area contributed by atoms with Gasteiger partial charge in [-0.25, -0.2) is 64.2 Å². The van der Waals surface area contributed by atoms with Crippen LogP contribution in [0.5, 0.6) is 0 Å². The van der Waals surface area contributed by atoms with E-state index >= 15 is 0 Å². The summed E-state index contributed by atoms with van der Waals surface area (Å²) in [6.45, 7) is 23.7. The summed E-state index contributed by atoms with van der Waals surface area (Å²) in [6.07, 6.45) is 30.2. The van der Waals surface area contributed by atoms with Crippen LogP contribution >= 0.6 is 24.8 Å². The second-order valence-electron chi connectivity index (χ2n) is 31.3. The maximum Gasteiger partial charge on any atom is 0.228 e. The van der Waals surface area contributed by atoms with Crippen molar-refractivity contribution >= 4 is 182 Å². The third kappa shape index (κ3) is 17.8. The molecule has 4 aliphatic heterocycles. The Hall–Kier alpha value is -12.5. The Morgan fingerprint density at radius 1 is 0.366 bits per heavy atom. The first kappa shape index (κ1) is 82.8. The standard InChI is InChI=1S/2C24H27N7O.C20H21FN8.C20H22N8.2ClH/c1-16-12-21(25-15-20(16)30-8-10-32-11-9-30)28-24-26-13-17-6-7-18-14-27-31(19-4-2-3-5-19)23(18)22(17)29-24;1-16-20(30-10-12-32-13-11-30)8-9-21(27-16)28-24-25-14-17-6-7-18-15-26-31(19-4-2-3-5-19)23(18)22(17)29-24;1-2-29-19-14(11-25-29)4-3-13-10-24-20(27-18(13)19)26-17-9-15(21)16(12-23-17)28-7-5-22-6-8-28;1-2-28-19-15(12-24-28)4-3-14-11-23-20(26-18(14)19)25-17-6-5-16(13-22-17)27-9-7-21-8-10-27;;/h6-7,12-15,19H,2-5,8-11H2,1H3,(H,25,26,28,29);6-9,14-15,19H,2-5,10-13H2,1H3,(H,25,27,28,29);3-4,9-12,22H,2,5-8H2,1H3,(H,23,24,26,27);3-6,11-13,21H,2,7-10H2,1H3,(H,22,23,25,26);2*1H. The molecular formula is C88H99Cl2FN30O2. The molecule has 0 spiro atoms. The van der Waals surface area contributed by atoms with Crippen LogP contribution in [0.2, 0.25) is 0 Å². The van der Waals surface area contributed by atoms with Crippen LogP contribution in [-0.2, 0) is 22.6 Å². The molecule has 32 nitrogen and oxygen atoms in total. The van der Waals surface area contributed by atoms with Gasteiger partial charge in [0.25, 0.3) is 0 Å². The van der Waals surface area contributed by atoms with Gasteiger partial charge in [0.2, 0.25) is 23.8 Å². The highest BCUT2D eigenvalue weighted by Gasteiger charge is 2.26. The Labute approximate surface area is 721 Å². The molecule has 22 rings (SSSR count). The van der Waals surface area contributed by atoms with Crippen LogP contribution in [0.4, 0.5) is 74.2 Å². The van der Waals surface area contributed by atoms with Gasteiger partial charge in [-0.05, 0) is 89.3 Å². The number of hydrogen-bond acceptors (Lipinski definition) is 28. The van der Waals surface area contributed by atoms with E-state index in [1.54, 1.807) is 12.4 Å². The van der Waals surface area contributed by atoms with E-state index in [0.717, 1.165) is 245 Å². The molecule has 0 radical (unpaired) electrons. The van der Waals surface area contributed by atoms with E-state index in [9.17, 15) is 4.39 Å². The Kier molecular flexibility index (Phi) is 25.2. The van der Waals surface area contributed by atoms with Crippen molar-refractivity contribution in [2.75, 3.05) is 146 Å². The van der Waals surface area contributed by atoms with Gasteiger partial charge in [0, 0.05) is 166 Å². The number of pyridine rings is 4. The summed E-state index contributed by atoms with van der Waals surface area (Å²) in [6, 6.07) is 29.0. The summed E-state index contributed by atoms with van der Waals surface area (Å²) in [5.41, 5.74) is 13.9. The highest BCUT2D eigenvalue weighted by molar-refractivity contribution is 6.06. The highest BCUT2D eigenvalue weighted by atomic mass is 35.5. The lowest BCUT2D eigenvalue weighted by atomic mass is 10.1. The van der Waals surface area contributed by atoms with Gasteiger partial charge < -0.3 is 61.0 Å². The first-order valence-electron chi connectivity index (χ1n) is 42.3. The van der Waals surface area contributed by atoms with Crippen molar-refractivity contribution in [1.29, 1.82) is 0 Å². The Morgan fingerprint density at radius 3 is 1.19 bits per heavy atom. The maximum absolute atomic E-state index is 14.7. The van der Waals surface area contributed by atoms with E-state index < -0.39 is 0 Å². The molecule has 0 unspecified atom stereocenters. The van der Waals surface area contributed by atoms with Crippen molar-refractivity contribution in [2.24, 2.45) is 0 Å². The van der Waals surface area contributed by atoms with Gasteiger partial charge in [-0.3, -0.25) is 18.7 Å². The fraction of sp³-hybridized carbons (Fsp3) is 0.364. The lowest BCUT2D eigenvalue weighted by Gasteiger charge is -2.29. The number of nitrogens with zero attached hydrogens (tertiary/aromatic N) is 24. The van der Waals surface area contributed by atoms with Crippen molar-refractivity contribution in [3.05, 3.63) is 170 Å². The number of nitrogens with one attached hydrogen (secondary N) is 6. The van der Waals surface area contributed by atoms with Gasteiger partial charge in [-0.15, -0.1) is 24.8 Å². The molecule has 2 saturated carbocycles. The molecule has 16 heterocycles. The van der Waals surface area contributed by atoms with E-state index in [4.69, 9.17) is 39.6 Å². The Morgan fingerprint density at radius 2 is 0.748 bits per heavy atom. The number of ether oxygens (including phenoxy) is 2. The van der Waals surface area contributed by atoms with Crippen LogP contribution < -0.4 is 51.5 Å². The zero-order valence-electron chi connectivity index (χ0n) is 69.2. The number of aryl methyl sites for hydroxylation is 4. The first-order chi connectivity index (χ1) is 59.6. The molecule has 2 aliphatic carbocycles. The minimum absolute atomic E-state index is 0. The number of piperazine rings is 2. The van der Waals surface area contributed by atoms with E-state index in [1.807, 2.05) is 114 Å². The third-order valence-electron chi connectivity index (χ3n) is 23.6. The van der Waals surface area contributed by atoms with E-state index in [1.165, 1.54) is 63.0 Å². The predicted octanol–water partition coefficient (Wildman–Crippen LogP) is 14.8. The Bertz CT molecular complexity index is 6190. The van der Waals surface area contributed by atoms with Crippen molar-refractivity contribution in [3.8, 4) is 0 Å². The fourth-order valence-electron chi connectivity index (χ4n) is 17.3. The SMILES string of the molecule is CCn1ncc2ccc3cnc(Nc4cc(F)c(N5CCNCC5)cn4)nc3c21.CCn1ncc2ccc3cnc(Nc4ccc(N5CCNCC5)cn4)nc3c21.Cc1cc(Nc2ncc3ccc4cnn(C5CCCC5)c4c3n2)ncc1N1CCOCC1.Cc1nc(Nc2ncc3ccc4cnn(C5CCCC5)c4c3n2)ccc1N1CCOCC1.Cl.Cl. The molecule has 0 bridgehead atoms. The van der Waals surface area contributed by atoms with Crippen LogP contribution in [-0.4, -0.2) is 204 Å². The van der Waals surface area contributed by atoms with E-state index in [-0.39, 0.29) is 30.6 Å². The molecule has 634 valence electrons. The molecule has 123 heavy (non-hydrogen) atoms. The lowest BCUT2D eigenvalue weighted by Crippen LogP contribution is -2.43. The molecule has 12 aromatic heterocycles. The molecule has 6 N–H and O–H groups in total. The van der Waals surface area contributed by atoms with Gasteiger partial charge in [0.1, 0.15) is 45.3 Å². The van der Waals surface area contributed by atoms with Gasteiger partial charge >= 0.3 is 0 Å². The van der Waals surface area contributed by atoms with Crippen LogP contribution in [0.25, 0.3) is 87.2 Å². The second-order valence-corrected chi connectivity index (χ2v) is 31.3. The number of anilines is 12. The number of halogens is 3. The summed E-state index contributed by atoms with van der Waals surface area (Å²) in [7, 11) is 0. The number of rotatable bonds is 16. The molecule has 16 aromatic rings. The number of benzene rings is 4. The average Bonchev–Trinajstić information content (AvgIpc) is 1.59. The minimum atomic E-state index is -0.309. The smallest absolute Gasteiger partial charge is 0.228 e. The summed E-state index contributed by atoms with van der Waals surface area (Å²) < 4.78 is 33.8. The molecule has 4 aromatic carbocycles. The third-order valence-corrected chi connectivity index (χ3v) is 23.6. The molecule has 0 amide bonds. The molecule has 4 saturated heterocycles. The van der Waals surface area contributed by atoms with Crippen LogP contribution in [0.15, 0.2) is 153 Å². The van der Waals surface area contributed by atoms with Crippen molar-refractivity contribution in [3.63, 3.8) is 0 Å². The largest absolute Gasteiger partial charge is 0.378 e. The van der Waals surface area contributed by atoms with Crippen LogP contribution in [0.1, 0.15) is 88.6 Å². The Balaban J connectivity index is 0.000000116. The van der Waals surface area contributed by atoms with Gasteiger partial charge in [0.15, 0.2) is 5.82 Å². The van der Waals surface area contributed by atoms with Crippen molar-refractivity contribution in [1.82, 2.24) is 110 Å². The van der Waals surface area contributed by atoms with Crippen LogP contribution in [0.3, 0.4) is 0 Å².